The summed E-state index contributed by atoms with van der Waals surface area (Å²) < 4.78 is 0. The van der Waals surface area contributed by atoms with E-state index in [1.54, 1.807) is 0 Å². The molecule has 0 aromatic carbocycles. The van der Waals surface area contributed by atoms with Gasteiger partial charge in [0.1, 0.15) is 0 Å². The minimum atomic E-state index is -0.693. The molecule has 0 rings (SSSR count). The van der Waals surface area contributed by atoms with E-state index in [2.05, 4.69) is 6.92 Å². The number of aliphatic carboxylic acids is 1. The quantitative estimate of drug-likeness (QED) is 0.371. The maximum Gasteiger partial charge on any atom is 0.303 e. The summed E-state index contributed by atoms with van der Waals surface area (Å²) in [6.07, 6.45) is 12.5. The predicted octanol–water partition coefficient (Wildman–Crippen LogP) is 4.27. The molecule has 0 aliphatic rings. The molecule has 0 amide bonds. The second kappa shape index (κ2) is 15.3. The van der Waals surface area contributed by atoms with Gasteiger partial charge in [0.05, 0.1) is 12.2 Å². The van der Waals surface area contributed by atoms with Crippen molar-refractivity contribution in [3.8, 4) is 0 Å². The van der Waals surface area contributed by atoms with Gasteiger partial charge in [0.2, 0.25) is 0 Å². The molecule has 0 saturated heterocycles. The first kappa shape index (κ1) is 21.4. The molecule has 0 fully saturated rings. The smallest absolute Gasteiger partial charge is 0.303 e. The van der Waals surface area contributed by atoms with E-state index in [-0.39, 0.29) is 0 Å². The first-order valence-corrected chi connectivity index (χ1v) is 9.15. The molecule has 0 radical (unpaired) electrons. The number of aliphatic hydroxyl groups is 2. The first-order valence-electron chi connectivity index (χ1n) is 9.15. The number of carboxylic acid groups (broad SMARTS) is 1. The van der Waals surface area contributed by atoms with Crippen molar-refractivity contribution >= 4 is 5.97 Å². The second-order valence-electron chi connectivity index (χ2n) is 6.39. The molecule has 0 aromatic rings. The van der Waals surface area contributed by atoms with Crippen LogP contribution >= 0.6 is 0 Å². The van der Waals surface area contributed by atoms with Gasteiger partial charge in [0, 0.05) is 6.42 Å². The lowest BCUT2D eigenvalue weighted by Crippen LogP contribution is -2.25. The van der Waals surface area contributed by atoms with Crippen molar-refractivity contribution < 1.29 is 20.1 Å². The summed E-state index contributed by atoms with van der Waals surface area (Å²) in [5.41, 5.74) is 0. The van der Waals surface area contributed by atoms with Gasteiger partial charge in [-0.1, -0.05) is 71.1 Å². The Hall–Kier alpha value is -0.610. The van der Waals surface area contributed by atoms with Crippen LogP contribution in [0.4, 0.5) is 0 Å². The van der Waals surface area contributed by atoms with Crippen LogP contribution in [0, 0.1) is 0 Å². The predicted molar refractivity (Wildman–Crippen MR) is 90.0 cm³/mol. The largest absolute Gasteiger partial charge is 0.481 e. The Balaban J connectivity index is 3.24. The Morgan fingerprint density at radius 3 is 1.59 bits per heavy atom. The van der Waals surface area contributed by atoms with Crippen LogP contribution in [-0.4, -0.2) is 33.5 Å². The van der Waals surface area contributed by atoms with Gasteiger partial charge >= 0.3 is 5.97 Å². The minimum Gasteiger partial charge on any atom is -0.481 e. The third kappa shape index (κ3) is 14.3. The fourth-order valence-electron chi connectivity index (χ4n) is 2.67. The summed E-state index contributed by atoms with van der Waals surface area (Å²) >= 11 is 0. The van der Waals surface area contributed by atoms with E-state index in [1.165, 1.54) is 25.7 Å². The van der Waals surface area contributed by atoms with Gasteiger partial charge in [-0.05, 0) is 19.3 Å². The van der Waals surface area contributed by atoms with E-state index in [0.717, 1.165) is 44.9 Å². The number of hydrogen-bond donors (Lipinski definition) is 3. The lowest BCUT2D eigenvalue weighted by atomic mass is 10.0. The molecule has 0 bridgehead atoms. The third-order valence-electron chi connectivity index (χ3n) is 4.19. The van der Waals surface area contributed by atoms with E-state index in [1.807, 2.05) is 0 Å². The molecule has 132 valence electrons. The van der Waals surface area contributed by atoms with Gasteiger partial charge < -0.3 is 15.3 Å². The van der Waals surface area contributed by atoms with E-state index in [0.29, 0.717) is 19.3 Å². The van der Waals surface area contributed by atoms with Gasteiger partial charge in [-0.15, -0.1) is 0 Å². The number of rotatable bonds is 16. The standard InChI is InChI=1S/C18H36O4/c1-2-3-13-16(19)17(20)14-11-9-7-5-4-6-8-10-12-15-18(21)22/h16-17,19-20H,2-15H2,1H3,(H,21,22). The number of unbranched alkanes of at least 4 members (excludes halogenated alkanes) is 9. The lowest BCUT2D eigenvalue weighted by molar-refractivity contribution is -0.137. The molecule has 4 heteroatoms. The highest BCUT2D eigenvalue weighted by atomic mass is 16.4. The summed E-state index contributed by atoms with van der Waals surface area (Å²) in [4.78, 5) is 10.3. The summed E-state index contributed by atoms with van der Waals surface area (Å²) in [5, 5.41) is 28.1. The van der Waals surface area contributed by atoms with Gasteiger partial charge in [0.25, 0.3) is 0 Å². The summed E-state index contributed by atoms with van der Waals surface area (Å²) in [6.45, 7) is 2.09. The van der Waals surface area contributed by atoms with Crippen molar-refractivity contribution in [2.45, 2.75) is 109 Å². The number of hydrogen-bond acceptors (Lipinski definition) is 3. The fourth-order valence-corrected chi connectivity index (χ4v) is 2.67. The molecule has 0 aliphatic heterocycles. The molecule has 2 atom stereocenters. The van der Waals surface area contributed by atoms with E-state index in [4.69, 9.17) is 5.11 Å². The van der Waals surface area contributed by atoms with Crippen molar-refractivity contribution in [3.05, 3.63) is 0 Å². The van der Waals surface area contributed by atoms with E-state index >= 15 is 0 Å². The van der Waals surface area contributed by atoms with Crippen LogP contribution in [0.2, 0.25) is 0 Å². The van der Waals surface area contributed by atoms with Crippen LogP contribution in [0.3, 0.4) is 0 Å². The highest BCUT2D eigenvalue weighted by Gasteiger charge is 2.14. The summed E-state index contributed by atoms with van der Waals surface area (Å²) in [7, 11) is 0. The zero-order valence-corrected chi connectivity index (χ0v) is 14.3. The molecule has 2 unspecified atom stereocenters. The van der Waals surface area contributed by atoms with Crippen LogP contribution in [0.15, 0.2) is 0 Å². The van der Waals surface area contributed by atoms with Crippen molar-refractivity contribution in [1.29, 1.82) is 0 Å². The molecule has 0 aliphatic carbocycles. The molecular formula is C18H36O4. The maximum absolute atomic E-state index is 10.3. The van der Waals surface area contributed by atoms with Crippen LogP contribution in [-0.2, 0) is 4.79 Å². The highest BCUT2D eigenvalue weighted by Crippen LogP contribution is 2.14. The third-order valence-corrected chi connectivity index (χ3v) is 4.19. The van der Waals surface area contributed by atoms with Crippen molar-refractivity contribution in [3.63, 3.8) is 0 Å². The number of aliphatic hydroxyl groups excluding tert-OH is 2. The van der Waals surface area contributed by atoms with Gasteiger partial charge in [-0.2, -0.15) is 0 Å². The van der Waals surface area contributed by atoms with Gasteiger partial charge in [0.15, 0.2) is 0 Å². The molecule has 0 spiro atoms. The highest BCUT2D eigenvalue weighted by molar-refractivity contribution is 5.66. The molecule has 0 saturated carbocycles. The van der Waals surface area contributed by atoms with Crippen LogP contribution in [0.25, 0.3) is 0 Å². The van der Waals surface area contributed by atoms with E-state index < -0.39 is 18.2 Å². The number of carboxylic acids is 1. The van der Waals surface area contributed by atoms with Crippen molar-refractivity contribution in [2.24, 2.45) is 0 Å². The zero-order chi connectivity index (χ0) is 16.6. The van der Waals surface area contributed by atoms with E-state index in [9.17, 15) is 15.0 Å². The topological polar surface area (TPSA) is 77.8 Å². The molecule has 22 heavy (non-hydrogen) atoms. The maximum atomic E-state index is 10.3. The molecule has 4 nitrogen and oxygen atoms in total. The average Bonchev–Trinajstić information content (AvgIpc) is 2.49. The van der Waals surface area contributed by atoms with Crippen molar-refractivity contribution in [1.82, 2.24) is 0 Å². The number of carbonyl (C=O) groups is 1. The van der Waals surface area contributed by atoms with Crippen molar-refractivity contribution in [2.75, 3.05) is 0 Å². The van der Waals surface area contributed by atoms with Crippen LogP contribution < -0.4 is 0 Å². The Morgan fingerprint density at radius 1 is 0.727 bits per heavy atom. The van der Waals surface area contributed by atoms with Crippen LogP contribution in [0.5, 0.6) is 0 Å². The fraction of sp³-hybridized carbons (Fsp3) is 0.944. The SMILES string of the molecule is CCCCC(O)C(O)CCCCCCCCCCCC(=O)O. The first-order chi connectivity index (χ1) is 10.6. The summed E-state index contributed by atoms with van der Waals surface area (Å²) in [5.74, 6) is -0.693. The normalized spacial score (nSPS) is 14.0. The second-order valence-corrected chi connectivity index (χ2v) is 6.39. The molecule has 3 N–H and O–H groups in total. The lowest BCUT2D eigenvalue weighted by Gasteiger charge is -2.17. The molecular weight excluding hydrogens is 280 g/mol. The van der Waals surface area contributed by atoms with Crippen LogP contribution in [0.1, 0.15) is 96.8 Å². The molecule has 0 aromatic heterocycles. The molecule has 0 heterocycles. The Morgan fingerprint density at radius 2 is 1.14 bits per heavy atom. The Bertz CT molecular complexity index is 255. The van der Waals surface area contributed by atoms with Gasteiger partial charge in [-0.25, -0.2) is 0 Å². The minimum absolute atomic E-state index is 0.298. The Kier molecular flexibility index (Phi) is 14.9. The average molecular weight is 316 g/mol. The van der Waals surface area contributed by atoms with Gasteiger partial charge in [-0.3, -0.25) is 4.79 Å². The summed E-state index contributed by atoms with van der Waals surface area (Å²) in [6, 6.07) is 0. The zero-order valence-electron chi connectivity index (χ0n) is 14.3. The Labute approximate surface area is 135 Å². The monoisotopic (exact) mass is 316 g/mol.